The van der Waals surface area contributed by atoms with E-state index in [-0.39, 0.29) is 13.2 Å². The molecule has 1 aromatic rings. The molecule has 0 radical (unpaired) electrons. The van der Waals surface area contributed by atoms with E-state index < -0.39 is 0 Å². The SMILES string of the molecule is OCCCCCCOc1cc(Br)c(OCCCCCCO)cc1Br. The van der Waals surface area contributed by atoms with Gasteiger partial charge in [0.05, 0.1) is 22.2 Å². The maximum atomic E-state index is 8.74. The Bertz CT molecular complexity index is 413. The first-order valence-electron chi connectivity index (χ1n) is 8.65. The van der Waals surface area contributed by atoms with Crippen LogP contribution in [-0.2, 0) is 0 Å². The average molecular weight is 468 g/mol. The Morgan fingerprint density at radius 1 is 0.625 bits per heavy atom. The Morgan fingerprint density at radius 2 is 1.00 bits per heavy atom. The highest BCUT2D eigenvalue weighted by Crippen LogP contribution is 2.36. The van der Waals surface area contributed by atoms with Crippen molar-refractivity contribution in [2.24, 2.45) is 0 Å². The van der Waals surface area contributed by atoms with Crippen molar-refractivity contribution in [2.75, 3.05) is 26.4 Å². The van der Waals surface area contributed by atoms with Crippen LogP contribution < -0.4 is 9.47 Å². The Labute approximate surface area is 161 Å². The molecule has 2 N–H and O–H groups in total. The summed E-state index contributed by atoms with van der Waals surface area (Å²) in [6, 6.07) is 3.86. The van der Waals surface area contributed by atoms with Crippen LogP contribution in [-0.4, -0.2) is 36.6 Å². The fraction of sp³-hybridized carbons (Fsp3) is 0.667. The number of benzene rings is 1. The van der Waals surface area contributed by atoms with Gasteiger partial charge in [-0.2, -0.15) is 0 Å². The Balaban J connectivity index is 2.33. The fourth-order valence-corrected chi connectivity index (χ4v) is 3.10. The number of ether oxygens (including phenoxy) is 2. The molecule has 1 aromatic carbocycles. The molecule has 0 unspecified atom stereocenters. The number of aliphatic hydroxyl groups excluding tert-OH is 2. The van der Waals surface area contributed by atoms with Gasteiger partial charge in [0.1, 0.15) is 11.5 Å². The van der Waals surface area contributed by atoms with Crippen molar-refractivity contribution in [3.05, 3.63) is 21.1 Å². The van der Waals surface area contributed by atoms with Gasteiger partial charge in [-0.3, -0.25) is 0 Å². The molecule has 24 heavy (non-hydrogen) atoms. The highest BCUT2D eigenvalue weighted by atomic mass is 79.9. The summed E-state index contributed by atoms with van der Waals surface area (Å²) in [5.74, 6) is 1.61. The molecule has 0 saturated carbocycles. The molecule has 0 spiro atoms. The largest absolute Gasteiger partial charge is 0.492 e. The topological polar surface area (TPSA) is 58.9 Å². The molecule has 0 saturated heterocycles. The van der Waals surface area contributed by atoms with Crippen LogP contribution in [0.2, 0.25) is 0 Å². The zero-order valence-corrected chi connectivity index (χ0v) is 17.3. The van der Waals surface area contributed by atoms with Gasteiger partial charge in [0.15, 0.2) is 0 Å². The van der Waals surface area contributed by atoms with Crippen LogP contribution in [0.4, 0.5) is 0 Å². The lowest BCUT2D eigenvalue weighted by molar-refractivity contribution is 0.270. The monoisotopic (exact) mass is 466 g/mol. The van der Waals surface area contributed by atoms with Crippen molar-refractivity contribution >= 4 is 31.9 Å². The summed E-state index contributed by atoms with van der Waals surface area (Å²) in [5, 5.41) is 17.5. The lowest BCUT2D eigenvalue weighted by atomic mass is 10.2. The van der Waals surface area contributed by atoms with E-state index in [1.165, 1.54) is 0 Å². The average Bonchev–Trinajstić information content (AvgIpc) is 2.57. The van der Waals surface area contributed by atoms with E-state index in [1.54, 1.807) is 0 Å². The summed E-state index contributed by atoms with van der Waals surface area (Å²) in [7, 11) is 0. The van der Waals surface area contributed by atoms with Crippen LogP contribution in [0.1, 0.15) is 51.4 Å². The van der Waals surface area contributed by atoms with Crippen molar-refractivity contribution < 1.29 is 19.7 Å². The second kappa shape index (κ2) is 13.9. The van der Waals surface area contributed by atoms with Crippen LogP contribution >= 0.6 is 31.9 Å². The number of aliphatic hydroxyl groups is 2. The quantitative estimate of drug-likeness (QED) is 0.375. The normalized spacial score (nSPS) is 10.8. The van der Waals surface area contributed by atoms with E-state index >= 15 is 0 Å². The first-order valence-corrected chi connectivity index (χ1v) is 10.2. The van der Waals surface area contributed by atoms with E-state index in [1.807, 2.05) is 12.1 Å². The minimum atomic E-state index is 0.266. The van der Waals surface area contributed by atoms with Gasteiger partial charge >= 0.3 is 0 Å². The van der Waals surface area contributed by atoms with Crippen molar-refractivity contribution in [2.45, 2.75) is 51.4 Å². The summed E-state index contributed by atoms with van der Waals surface area (Å²) < 4.78 is 13.4. The maximum absolute atomic E-state index is 8.74. The molecular formula is C18H28Br2O4. The maximum Gasteiger partial charge on any atom is 0.134 e. The summed E-state index contributed by atoms with van der Waals surface area (Å²) in [6.07, 6.45) is 7.90. The Hall–Kier alpha value is -0.300. The summed E-state index contributed by atoms with van der Waals surface area (Å²) >= 11 is 7.06. The third-order valence-corrected chi connectivity index (χ3v) is 4.85. The number of rotatable bonds is 14. The fourth-order valence-electron chi connectivity index (χ4n) is 2.23. The van der Waals surface area contributed by atoms with Crippen LogP contribution in [0.3, 0.4) is 0 Å². The van der Waals surface area contributed by atoms with Crippen LogP contribution in [0.5, 0.6) is 11.5 Å². The van der Waals surface area contributed by atoms with Crippen molar-refractivity contribution in [1.82, 2.24) is 0 Å². The van der Waals surface area contributed by atoms with E-state index in [2.05, 4.69) is 31.9 Å². The van der Waals surface area contributed by atoms with E-state index in [0.29, 0.717) is 13.2 Å². The highest BCUT2D eigenvalue weighted by Gasteiger charge is 2.09. The number of hydrogen-bond acceptors (Lipinski definition) is 4. The van der Waals surface area contributed by atoms with E-state index in [4.69, 9.17) is 19.7 Å². The molecule has 0 aromatic heterocycles. The van der Waals surface area contributed by atoms with Gasteiger partial charge in [0.2, 0.25) is 0 Å². The molecule has 0 amide bonds. The summed E-state index contributed by atoms with van der Waals surface area (Å²) in [5.41, 5.74) is 0. The van der Waals surface area contributed by atoms with Gasteiger partial charge < -0.3 is 19.7 Å². The first kappa shape index (κ1) is 21.7. The number of unbranched alkanes of at least 4 members (excludes halogenated alkanes) is 6. The molecule has 1 rings (SSSR count). The smallest absolute Gasteiger partial charge is 0.134 e. The molecule has 0 fully saturated rings. The van der Waals surface area contributed by atoms with Crippen LogP contribution in [0, 0.1) is 0 Å². The first-order chi connectivity index (χ1) is 11.7. The van der Waals surface area contributed by atoms with Gasteiger partial charge in [-0.1, -0.05) is 12.8 Å². The zero-order chi connectivity index (χ0) is 17.6. The van der Waals surface area contributed by atoms with Gasteiger partial charge in [-0.05, 0) is 82.5 Å². The molecule has 0 aliphatic rings. The molecular weight excluding hydrogens is 440 g/mol. The molecule has 4 nitrogen and oxygen atoms in total. The molecule has 0 atom stereocenters. The lowest BCUT2D eigenvalue weighted by Crippen LogP contribution is -2.01. The highest BCUT2D eigenvalue weighted by molar-refractivity contribution is 9.11. The summed E-state index contributed by atoms with van der Waals surface area (Å²) in [4.78, 5) is 0. The minimum Gasteiger partial charge on any atom is -0.492 e. The van der Waals surface area contributed by atoms with Crippen molar-refractivity contribution in [3.8, 4) is 11.5 Å². The summed E-state index contributed by atoms with van der Waals surface area (Å²) in [6.45, 7) is 1.87. The Morgan fingerprint density at radius 3 is 1.38 bits per heavy atom. The van der Waals surface area contributed by atoms with Gasteiger partial charge in [0, 0.05) is 13.2 Å². The van der Waals surface area contributed by atoms with E-state index in [0.717, 1.165) is 71.8 Å². The molecule has 6 heteroatoms. The predicted molar refractivity (Wildman–Crippen MR) is 104 cm³/mol. The third kappa shape index (κ3) is 9.25. The lowest BCUT2D eigenvalue weighted by Gasteiger charge is -2.13. The molecule has 0 aliphatic carbocycles. The van der Waals surface area contributed by atoms with Crippen LogP contribution in [0.25, 0.3) is 0 Å². The second-order valence-electron chi connectivity index (χ2n) is 5.69. The minimum absolute atomic E-state index is 0.266. The van der Waals surface area contributed by atoms with Crippen LogP contribution in [0.15, 0.2) is 21.1 Å². The van der Waals surface area contributed by atoms with Gasteiger partial charge in [-0.15, -0.1) is 0 Å². The Kier molecular flexibility index (Phi) is 12.6. The third-order valence-electron chi connectivity index (χ3n) is 3.61. The molecule has 0 heterocycles. The molecule has 0 bridgehead atoms. The van der Waals surface area contributed by atoms with Gasteiger partial charge in [0.25, 0.3) is 0 Å². The van der Waals surface area contributed by atoms with Gasteiger partial charge in [-0.25, -0.2) is 0 Å². The number of hydrogen-bond donors (Lipinski definition) is 2. The van der Waals surface area contributed by atoms with E-state index in [9.17, 15) is 0 Å². The molecule has 138 valence electrons. The zero-order valence-electron chi connectivity index (χ0n) is 14.1. The number of halogens is 2. The second-order valence-corrected chi connectivity index (χ2v) is 7.39. The predicted octanol–water partition coefficient (Wildman–Crippen LogP) is 5.07. The standard InChI is InChI=1S/C18H28Br2O4/c19-15-14-18(24-12-8-4-2-6-10-22)16(20)13-17(15)23-11-7-3-1-5-9-21/h13-14,21-22H,1-12H2. The van der Waals surface area contributed by atoms with Crippen molar-refractivity contribution in [1.29, 1.82) is 0 Å². The molecule has 0 aliphatic heterocycles. The van der Waals surface area contributed by atoms with Crippen molar-refractivity contribution in [3.63, 3.8) is 0 Å².